The third kappa shape index (κ3) is 1.90. The van der Waals surface area contributed by atoms with E-state index < -0.39 is 0 Å². The molecule has 0 aliphatic rings. The molecule has 104 valence electrons. The molecule has 0 aliphatic heterocycles. The lowest BCUT2D eigenvalue weighted by Crippen LogP contribution is -1.87. The standard InChI is InChI=1S/C18H20OS/c1-5-6-13-7-8-14-15-9-10-16(19-4)12(3)18(15)20-17(14)11(13)2/h7-10H,5-6H2,1-4H3. The van der Waals surface area contributed by atoms with E-state index in [1.807, 2.05) is 11.3 Å². The fraction of sp³-hybridized carbons (Fsp3) is 0.333. The van der Waals surface area contributed by atoms with Crippen molar-refractivity contribution in [1.82, 2.24) is 0 Å². The lowest BCUT2D eigenvalue weighted by Gasteiger charge is -2.05. The molecule has 0 bridgehead atoms. The molecular weight excluding hydrogens is 264 g/mol. The number of rotatable bonds is 3. The SMILES string of the molecule is CCCc1ccc2c(sc3c(C)c(OC)ccc32)c1C. The molecule has 0 atom stereocenters. The number of hydrogen-bond acceptors (Lipinski definition) is 2. The second kappa shape index (κ2) is 5.10. The van der Waals surface area contributed by atoms with Gasteiger partial charge in [-0.25, -0.2) is 0 Å². The van der Waals surface area contributed by atoms with E-state index in [9.17, 15) is 0 Å². The molecule has 20 heavy (non-hydrogen) atoms. The molecule has 0 unspecified atom stereocenters. The van der Waals surface area contributed by atoms with Crippen LogP contribution in [0.15, 0.2) is 24.3 Å². The number of thiophene rings is 1. The monoisotopic (exact) mass is 284 g/mol. The highest BCUT2D eigenvalue weighted by Gasteiger charge is 2.13. The first kappa shape index (κ1) is 13.4. The smallest absolute Gasteiger partial charge is 0.123 e. The van der Waals surface area contributed by atoms with Crippen LogP contribution < -0.4 is 4.74 Å². The van der Waals surface area contributed by atoms with Gasteiger partial charge in [0.1, 0.15) is 5.75 Å². The molecule has 0 amide bonds. The van der Waals surface area contributed by atoms with Crippen LogP contribution in [-0.4, -0.2) is 7.11 Å². The van der Waals surface area contributed by atoms with Gasteiger partial charge in [-0.3, -0.25) is 0 Å². The summed E-state index contributed by atoms with van der Waals surface area (Å²) in [7, 11) is 1.74. The van der Waals surface area contributed by atoms with Crippen molar-refractivity contribution in [2.45, 2.75) is 33.6 Å². The Labute approximate surface area is 124 Å². The fourth-order valence-electron chi connectivity index (χ4n) is 2.96. The Kier molecular flexibility index (Phi) is 3.43. The Morgan fingerprint density at radius 3 is 2.25 bits per heavy atom. The molecule has 0 N–H and O–H groups in total. The summed E-state index contributed by atoms with van der Waals surface area (Å²) in [6.07, 6.45) is 2.36. The van der Waals surface area contributed by atoms with Gasteiger partial charge in [-0.15, -0.1) is 11.3 Å². The number of benzene rings is 2. The van der Waals surface area contributed by atoms with Gasteiger partial charge in [-0.05, 0) is 43.5 Å². The van der Waals surface area contributed by atoms with Gasteiger partial charge >= 0.3 is 0 Å². The molecule has 0 saturated carbocycles. The fourth-order valence-corrected chi connectivity index (χ4v) is 4.27. The number of methoxy groups -OCH3 is 1. The van der Waals surface area contributed by atoms with Crippen LogP contribution in [0.4, 0.5) is 0 Å². The van der Waals surface area contributed by atoms with Crippen molar-refractivity contribution in [1.29, 1.82) is 0 Å². The summed E-state index contributed by atoms with van der Waals surface area (Å²) >= 11 is 1.90. The van der Waals surface area contributed by atoms with Gasteiger partial charge in [0.25, 0.3) is 0 Å². The summed E-state index contributed by atoms with van der Waals surface area (Å²) in [4.78, 5) is 0. The molecule has 2 heteroatoms. The predicted octanol–water partition coefficient (Wildman–Crippen LogP) is 5.63. The molecule has 3 rings (SSSR count). The predicted molar refractivity (Wildman–Crippen MR) is 89.4 cm³/mol. The second-order valence-electron chi connectivity index (χ2n) is 5.35. The summed E-state index contributed by atoms with van der Waals surface area (Å²) in [6, 6.07) is 8.86. The Bertz CT molecular complexity index is 783. The van der Waals surface area contributed by atoms with Crippen molar-refractivity contribution in [3.63, 3.8) is 0 Å². The second-order valence-corrected chi connectivity index (χ2v) is 6.37. The normalized spacial score (nSPS) is 11.4. The average molecular weight is 284 g/mol. The van der Waals surface area contributed by atoms with Crippen molar-refractivity contribution in [3.8, 4) is 5.75 Å². The number of fused-ring (bicyclic) bond motifs is 3. The van der Waals surface area contributed by atoms with E-state index in [0.29, 0.717) is 0 Å². The van der Waals surface area contributed by atoms with Crippen LogP contribution in [0.25, 0.3) is 20.2 Å². The largest absolute Gasteiger partial charge is 0.496 e. The summed E-state index contributed by atoms with van der Waals surface area (Å²) < 4.78 is 8.24. The average Bonchev–Trinajstić information content (AvgIpc) is 2.83. The third-order valence-corrected chi connectivity index (χ3v) is 5.57. The van der Waals surface area contributed by atoms with Gasteiger partial charge in [0.2, 0.25) is 0 Å². The maximum atomic E-state index is 5.45. The Morgan fingerprint density at radius 1 is 0.950 bits per heavy atom. The minimum Gasteiger partial charge on any atom is -0.496 e. The summed E-state index contributed by atoms with van der Waals surface area (Å²) in [5, 5.41) is 2.74. The van der Waals surface area contributed by atoms with E-state index in [1.165, 1.54) is 49.7 Å². The van der Waals surface area contributed by atoms with Crippen LogP contribution in [0.1, 0.15) is 30.0 Å². The highest BCUT2D eigenvalue weighted by molar-refractivity contribution is 7.26. The minimum absolute atomic E-state index is 0.982. The zero-order valence-corrected chi connectivity index (χ0v) is 13.4. The zero-order valence-electron chi connectivity index (χ0n) is 12.5. The lowest BCUT2D eigenvalue weighted by atomic mass is 10.0. The molecule has 0 saturated heterocycles. The van der Waals surface area contributed by atoms with Crippen molar-refractivity contribution < 1.29 is 4.74 Å². The van der Waals surface area contributed by atoms with Crippen LogP contribution in [0, 0.1) is 13.8 Å². The van der Waals surface area contributed by atoms with Crippen molar-refractivity contribution in [2.75, 3.05) is 7.11 Å². The van der Waals surface area contributed by atoms with Crippen LogP contribution in [0.3, 0.4) is 0 Å². The molecule has 2 aromatic carbocycles. The molecule has 0 spiro atoms. The summed E-state index contributed by atoms with van der Waals surface area (Å²) in [5.74, 6) is 0.982. The first-order valence-electron chi connectivity index (χ1n) is 7.15. The molecule has 0 fully saturated rings. The molecule has 1 aromatic heterocycles. The quantitative estimate of drug-likeness (QED) is 0.605. The van der Waals surface area contributed by atoms with Crippen LogP contribution in [-0.2, 0) is 6.42 Å². The maximum absolute atomic E-state index is 5.45. The highest BCUT2D eigenvalue weighted by atomic mass is 32.1. The number of aryl methyl sites for hydroxylation is 3. The van der Waals surface area contributed by atoms with Crippen molar-refractivity contribution in [2.24, 2.45) is 0 Å². The Hall–Kier alpha value is -1.54. The zero-order chi connectivity index (χ0) is 14.3. The van der Waals surface area contributed by atoms with Gasteiger partial charge < -0.3 is 4.74 Å². The molecular formula is C18H20OS. The lowest BCUT2D eigenvalue weighted by molar-refractivity contribution is 0.412. The molecule has 0 radical (unpaired) electrons. The van der Waals surface area contributed by atoms with Gasteiger partial charge in [0.05, 0.1) is 7.11 Å². The number of hydrogen-bond donors (Lipinski definition) is 0. The van der Waals surface area contributed by atoms with E-state index in [-0.39, 0.29) is 0 Å². The van der Waals surface area contributed by atoms with Crippen molar-refractivity contribution in [3.05, 3.63) is 41.0 Å². The first-order valence-corrected chi connectivity index (χ1v) is 7.97. The van der Waals surface area contributed by atoms with E-state index in [4.69, 9.17) is 4.74 Å². The van der Waals surface area contributed by atoms with E-state index >= 15 is 0 Å². The van der Waals surface area contributed by atoms with E-state index in [1.54, 1.807) is 7.11 Å². The molecule has 0 aliphatic carbocycles. The van der Waals surface area contributed by atoms with Crippen LogP contribution >= 0.6 is 11.3 Å². The van der Waals surface area contributed by atoms with Gasteiger partial charge in [-0.2, -0.15) is 0 Å². The Morgan fingerprint density at radius 2 is 1.60 bits per heavy atom. The Balaban J connectivity index is 2.35. The third-order valence-electron chi connectivity index (χ3n) is 4.11. The first-order chi connectivity index (χ1) is 9.67. The summed E-state index contributed by atoms with van der Waals surface area (Å²) in [5.41, 5.74) is 4.18. The van der Waals surface area contributed by atoms with Gasteiger partial charge in [0, 0.05) is 25.7 Å². The molecule has 3 aromatic rings. The van der Waals surface area contributed by atoms with E-state index in [2.05, 4.69) is 45.0 Å². The van der Waals surface area contributed by atoms with Gasteiger partial charge in [0.15, 0.2) is 0 Å². The van der Waals surface area contributed by atoms with Gasteiger partial charge in [-0.1, -0.05) is 25.5 Å². The summed E-state index contributed by atoms with van der Waals surface area (Å²) in [6.45, 7) is 6.65. The number of ether oxygens (including phenoxy) is 1. The maximum Gasteiger partial charge on any atom is 0.123 e. The van der Waals surface area contributed by atoms with Crippen LogP contribution in [0.2, 0.25) is 0 Å². The van der Waals surface area contributed by atoms with E-state index in [0.717, 1.165) is 5.75 Å². The van der Waals surface area contributed by atoms with Crippen molar-refractivity contribution >= 4 is 31.5 Å². The van der Waals surface area contributed by atoms with Crippen LogP contribution in [0.5, 0.6) is 5.75 Å². The molecule has 1 nitrogen and oxygen atoms in total. The highest BCUT2D eigenvalue weighted by Crippen LogP contribution is 2.41. The topological polar surface area (TPSA) is 9.23 Å². The minimum atomic E-state index is 0.982. The molecule has 1 heterocycles.